The first-order valence-electron chi connectivity index (χ1n) is 5.24. The summed E-state index contributed by atoms with van der Waals surface area (Å²) < 4.78 is 33.5. The molecular formula is C9H15N3O4S2. The van der Waals surface area contributed by atoms with Gasteiger partial charge in [0.1, 0.15) is 12.4 Å². The van der Waals surface area contributed by atoms with Gasteiger partial charge in [-0.2, -0.15) is 13.0 Å². The Morgan fingerprint density at radius 2 is 2.33 bits per heavy atom. The summed E-state index contributed by atoms with van der Waals surface area (Å²) in [5.41, 5.74) is 0. The molecule has 1 aliphatic heterocycles. The van der Waals surface area contributed by atoms with Crippen LogP contribution >= 0.6 is 11.8 Å². The van der Waals surface area contributed by atoms with E-state index in [1.54, 1.807) is 11.8 Å². The first-order chi connectivity index (χ1) is 8.04. The lowest BCUT2D eigenvalue weighted by Gasteiger charge is -1.95. The van der Waals surface area contributed by atoms with Crippen molar-refractivity contribution in [3.63, 3.8) is 0 Å². The average molecular weight is 293 g/mol. The van der Waals surface area contributed by atoms with Gasteiger partial charge in [-0.1, -0.05) is 11.8 Å². The fourth-order valence-corrected chi connectivity index (χ4v) is 2.85. The van der Waals surface area contributed by atoms with Gasteiger partial charge in [-0.3, -0.25) is 4.55 Å². The minimum Gasteiger partial charge on any atom is -0.870 e. The lowest BCUT2D eigenvalue weighted by Crippen LogP contribution is -2.32. The molecule has 0 amide bonds. The fraction of sp³-hybridized carbons (Fsp3) is 0.556. The molecule has 0 unspecified atom stereocenters. The average Bonchev–Trinajstić information content (AvgIpc) is 2.83. The summed E-state index contributed by atoms with van der Waals surface area (Å²) in [6.45, 7) is 1.41. The summed E-state index contributed by atoms with van der Waals surface area (Å²) in [5.74, 6) is 0.803. The number of rotatable bonds is 4. The van der Waals surface area contributed by atoms with E-state index in [1.807, 2.05) is 27.9 Å². The van der Waals surface area contributed by atoms with Crippen LogP contribution in [0.5, 0.6) is 0 Å². The highest BCUT2D eigenvalue weighted by Crippen LogP contribution is 2.12. The number of nitrogens with zero attached hydrogens (tertiary/aromatic N) is 3. The van der Waals surface area contributed by atoms with Gasteiger partial charge in [0, 0.05) is 12.2 Å². The molecule has 1 aromatic rings. The van der Waals surface area contributed by atoms with E-state index in [2.05, 4.69) is 4.99 Å². The smallest absolute Gasteiger partial charge is 0.265 e. The zero-order chi connectivity index (χ0) is 12.3. The van der Waals surface area contributed by atoms with E-state index in [1.165, 1.54) is 0 Å². The Labute approximate surface area is 110 Å². The van der Waals surface area contributed by atoms with Gasteiger partial charge in [0.2, 0.25) is 0 Å². The molecule has 0 saturated heterocycles. The van der Waals surface area contributed by atoms with Crippen molar-refractivity contribution in [2.24, 2.45) is 4.99 Å². The lowest BCUT2D eigenvalue weighted by atomic mass is 10.5. The molecule has 0 spiro atoms. The SMILES string of the molecule is O=S(=O)(O)CCC[n+]1ccn(C2=NCCS2)c1.[OH-]. The lowest BCUT2D eigenvalue weighted by molar-refractivity contribution is -0.695. The maximum atomic E-state index is 10.6. The minimum atomic E-state index is -3.85. The molecule has 9 heteroatoms. The Kier molecular flexibility index (Phi) is 5.32. The summed E-state index contributed by atoms with van der Waals surface area (Å²) in [6.07, 6.45) is 6.03. The van der Waals surface area contributed by atoms with Crippen molar-refractivity contribution in [1.82, 2.24) is 4.57 Å². The van der Waals surface area contributed by atoms with E-state index < -0.39 is 10.1 Å². The van der Waals surface area contributed by atoms with Crippen LogP contribution in [0.3, 0.4) is 0 Å². The van der Waals surface area contributed by atoms with E-state index in [9.17, 15) is 8.42 Å². The predicted molar refractivity (Wildman–Crippen MR) is 67.8 cm³/mol. The van der Waals surface area contributed by atoms with Gasteiger partial charge >= 0.3 is 0 Å². The molecule has 1 aliphatic rings. The number of thioether (sulfide) groups is 1. The van der Waals surface area contributed by atoms with Crippen LogP contribution in [-0.2, 0) is 16.7 Å². The van der Waals surface area contributed by atoms with Gasteiger partial charge in [0.25, 0.3) is 21.6 Å². The molecule has 0 radical (unpaired) electrons. The van der Waals surface area contributed by atoms with Crippen molar-refractivity contribution in [2.45, 2.75) is 13.0 Å². The van der Waals surface area contributed by atoms with Gasteiger partial charge in [-0.25, -0.2) is 9.56 Å². The molecule has 1 aromatic heterocycles. The van der Waals surface area contributed by atoms with E-state index in [4.69, 9.17) is 4.55 Å². The molecule has 0 bridgehead atoms. The first kappa shape index (κ1) is 15.2. The van der Waals surface area contributed by atoms with Gasteiger partial charge in [0.05, 0.1) is 18.8 Å². The molecule has 18 heavy (non-hydrogen) atoms. The predicted octanol–water partition coefficient (Wildman–Crippen LogP) is -0.172. The van der Waals surface area contributed by atoms with Crippen molar-refractivity contribution in [1.29, 1.82) is 0 Å². The van der Waals surface area contributed by atoms with Crippen LogP contribution in [-0.4, -0.2) is 46.2 Å². The Morgan fingerprint density at radius 1 is 1.56 bits per heavy atom. The first-order valence-corrected chi connectivity index (χ1v) is 7.84. The summed E-state index contributed by atoms with van der Waals surface area (Å²) in [4.78, 5) is 4.33. The van der Waals surface area contributed by atoms with E-state index in [-0.39, 0.29) is 11.2 Å². The van der Waals surface area contributed by atoms with Crippen LogP contribution in [0.4, 0.5) is 0 Å². The van der Waals surface area contributed by atoms with Crippen LogP contribution in [0.2, 0.25) is 0 Å². The highest BCUT2D eigenvalue weighted by molar-refractivity contribution is 8.14. The van der Waals surface area contributed by atoms with Crippen molar-refractivity contribution in [2.75, 3.05) is 18.1 Å². The highest BCUT2D eigenvalue weighted by Gasteiger charge is 2.15. The summed E-state index contributed by atoms with van der Waals surface area (Å²) in [5, 5.41) is 0.971. The van der Waals surface area contributed by atoms with Crippen LogP contribution in [0.1, 0.15) is 6.42 Å². The van der Waals surface area contributed by atoms with E-state index >= 15 is 0 Å². The molecule has 0 aromatic carbocycles. The number of imidazole rings is 1. The molecule has 7 nitrogen and oxygen atoms in total. The molecular weight excluding hydrogens is 278 g/mol. The van der Waals surface area contributed by atoms with Crippen LogP contribution in [0, 0.1) is 0 Å². The third-order valence-corrected chi connectivity index (χ3v) is 4.09. The molecule has 2 rings (SSSR count). The van der Waals surface area contributed by atoms with Gasteiger partial charge in [-0.05, 0) is 0 Å². The Hall–Kier alpha value is -0.900. The highest BCUT2D eigenvalue weighted by atomic mass is 32.2. The van der Waals surface area contributed by atoms with Crippen molar-refractivity contribution < 1.29 is 23.0 Å². The Morgan fingerprint density at radius 3 is 2.94 bits per heavy atom. The molecule has 102 valence electrons. The molecule has 0 fully saturated rings. The second-order valence-corrected chi connectivity index (χ2v) is 6.35. The number of hydrogen-bond donors (Lipinski definition) is 1. The second-order valence-electron chi connectivity index (χ2n) is 3.71. The molecule has 0 saturated carbocycles. The van der Waals surface area contributed by atoms with Crippen molar-refractivity contribution >= 4 is 27.0 Å². The molecule has 2 heterocycles. The zero-order valence-corrected chi connectivity index (χ0v) is 11.3. The quantitative estimate of drug-likeness (QED) is 0.612. The van der Waals surface area contributed by atoms with Gasteiger partial charge in [0.15, 0.2) is 0 Å². The third-order valence-electron chi connectivity index (χ3n) is 2.30. The molecule has 0 aliphatic carbocycles. The molecule has 2 N–H and O–H groups in total. The maximum Gasteiger partial charge on any atom is 0.265 e. The monoisotopic (exact) mass is 293 g/mol. The number of aryl methyl sites for hydroxylation is 1. The summed E-state index contributed by atoms with van der Waals surface area (Å²) >= 11 is 1.70. The fourth-order valence-electron chi connectivity index (χ4n) is 1.55. The standard InChI is InChI=1S/C9H13N3O3S2.H2O/c13-17(14,15)7-1-3-11-4-5-12(8-11)9-10-2-6-16-9;/h4-5,8H,1-3,6-7H2;1H2. The largest absolute Gasteiger partial charge is 0.870 e. The summed E-state index contributed by atoms with van der Waals surface area (Å²) in [7, 11) is -3.85. The minimum absolute atomic E-state index is 0. The van der Waals surface area contributed by atoms with Crippen molar-refractivity contribution in [3.8, 4) is 0 Å². The number of hydrogen-bond acceptors (Lipinski definition) is 5. The van der Waals surface area contributed by atoms with Gasteiger partial charge < -0.3 is 5.48 Å². The second kappa shape index (κ2) is 6.32. The van der Waals surface area contributed by atoms with Crippen LogP contribution in [0.15, 0.2) is 23.7 Å². The van der Waals surface area contributed by atoms with E-state index in [0.717, 1.165) is 17.5 Å². The normalized spacial score (nSPS) is 15.3. The summed E-state index contributed by atoms with van der Waals surface area (Å²) in [6, 6.07) is 0. The Balaban J connectivity index is 0.00000162. The topological polar surface area (TPSA) is 106 Å². The van der Waals surface area contributed by atoms with Crippen LogP contribution < -0.4 is 4.57 Å². The zero-order valence-electron chi connectivity index (χ0n) is 9.64. The van der Waals surface area contributed by atoms with Crippen molar-refractivity contribution in [3.05, 3.63) is 18.7 Å². The maximum absolute atomic E-state index is 10.6. The molecule has 0 atom stereocenters. The van der Waals surface area contributed by atoms with E-state index in [0.29, 0.717) is 13.0 Å². The third kappa shape index (κ3) is 4.41. The number of aromatic nitrogens is 2. The number of aliphatic imine (C=N–C) groups is 1. The van der Waals surface area contributed by atoms with Gasteiger partial charge in [-0.15, -0.1) is 0 Å². The Bertz CT molecular complexity index is 524. The van der Waals surface area contributed by atoms with Crippen LogP contribution in [0.25, 0.3) is 0 Å².